The summed E-state index contributed by atoms with van der Waals surface area (Å²) in [5, 5.41) is 0.737. The van der Waals surface area contributed by atoms with Crippen molar-refractivity contribution in [2.75, 3.05) is 0 Å². The summed E-state index contributed by atoms with van der Waals surface area (Å²) in [6, 6.07) is 17.7. The molecule has 0 saturated carbocycles. The van der Waals surface area contributed by atoms with E-state index in [2.05, 4.69) is 30.9 Å². The summed E-state index contributed by atoms with van der Waals surface area (Å²) in [7, 11) is 0. The van der Waals surface area contributed by atoms with Crippen molar-refractivity contribution in [3.8, 4) is 22.8 Å². The quantitative estimate of drug-likeness (QED) is 0.680. The Morgan fingerprint density at radius 3 is 2.05 bits per heavy atom. The maximum atomic E-state index is 4.65. The predicted octanol–water partition coefficient (Wildman–Crippen LogP) is 4.10. The van der Waals surface area contributed by atoms with Gasteiger partial charge in [0.2, 0.25) is 0 Å². The van der Waals surface area contributed by atoms with Crippen LogP contribution in [0.25, 0.3) is 22.8 Å². The van der Waals surface area contributed by atoms with Gasteiger partial charge in [0.25, 0.3) is 0 Å². The van der Waals surface area contributed by atoms with E-state index in [1.54, 1.807) is 6.20 Å². The minimum Gasteiger partial charge on any atom is -0.255 e. The first-order chi connectivity index (χ1) is 9.86. The van der Waals surface area contributed by atoms with Crippen molar-refractivity contribution in [1.29, 1.82) is 0 Å². The summed E-state index contributed by atoms with van der Waals surface area (Å²) in [4.78, 5) is 13.5. The molecule has 0 saturated heterocycles. The van der Waals surface area contributed by atoms with Crippen molar-refractivity contribution < 1.29 is 0 Å². The molecule has 98 valence electrons. The predicted molar refractivity (Wildman–Crippen MR) is 83.3 cm³/mol. The van der Waals surface area contributed by atoms with Crippen LogP contribution in [-0.4, -0.2) is 15.0 Å². The van der Waals surface area contributed by atoms with Crippen LogP contribution in [0.4, 0.5) is 0 Å². The minimum atomic E-state index is 0.737. The molecule has 3 rings (SSSR count). The molecule has 0 aliphatic rings. The van der Waals surface area contributed by atoms with Crippen LogP contribution in [0.2, 0.25) is 0 Å². The first-order valence-electron chi connectivity index (χ1n) is 6.27. The summed E-state index contributed by atoms with van der Waals surface area (Å²) in [6.07, 6.45) is 1.77. The minimum absolute atomic E-state index is 0.737. The Kier molecular flexibility index (Phi) is 3.83. The molecule has 0 atom stereocenters. The van der Waals surface area contributed by atoms with E-state index in [4.69, 9.17) is 0 Å². The van der Waals surface area contributed by atoms with Gasteiger partial charge in [-0.2, -0.15) is 0 Å². The lowest BCUT2D eigenvalue weighted by Gasteiger charge is -2.05. The van der Waals surface area contributed by atoms with E-state index < -0.39 is 0 Å². The van der Waals surface area contributed by atoms with E-state index in [0.29, 0.717) is 0 Å². The second-order valence-electron chi connectivity index (χ2n) is 4.27. The molecule has 0 spiro atoms. The first-order valence-corrected chi connectivity index (χ1v) is 7.40. The van der Waals surface area contributed by atoms with Crippen LogP contribution in [0.3, 0.4) is 0 Å². The third-order valence-electron chi connectivity index (χ3n) is 2.88. The standard InChI is InChI=1S/C16H12BrN3/c17-11-12-5-3-7-15(19-12)16-9-4-8-14(20-16)13-6-1-2-10-18-13/h1-10H,11H2. The fraction of sp³-hybridized carbons (Fsp3) is 0.0625. The fourth-order valence-corrected chi connectivity index (χ4v) is 2.24. The van der Waals surface area contributed by atoms with Crippen molar-refractivity contribution in [2.24, 2.45) is 0 Å². The number of rotatable bonds is 3. The van der Waals surface area contributed by atoms with E-state index in [1.807, 2.05) is 54.6 Å². The zero-order valence-corrected chi connectivity index (χ0v) is 12.3. The van der Waals surface area contributed by atoms with E-state index in [9.17, 15) is 0 Å². The number of nitrogens with zero attached hydrogens (tertiary/aromatic N) is 3. The van der Waals surface area contributed by atoms with Crippen LogP contribution in [0.1, 0.15) is 5.69 Å². The van der Waals surface area contributed by atoms with Crippen LogP contribution in [0.15, 0.2) is 60.8 Å². The lowest BCUT2D eigenvalue weighted by molar-refractivity contribution is 1.16. The monoisotopic (exact) mass is 325 g/mol. The summed E-state index contributed by atoms with van der Waals surface area (Å²) in [5.74, 6) is 0. The van der Waals surface area contributed by atoms with Crippen LogP contribution in [0.5, 0.6) is 0 Å². The van der Waals surface area contributed by atoms with E-state index in [0.717, 1.165) is 33.8 Å². The van der Waals surface area contributed by atoms with Gasteiger partial charge in [-0.15, -0.1) is 0 Å². The maximum absolute atomic E-state index is 4.65. The van der Waals surface area contributed by atoms with Crippen LogP contribution < -0.4 is 0 Å². The highest BCUT2D eigenvalue weighted by molar-refractivity contribution is 9.08. The smallest absolute Gasteiger partial charge is 0.0894 e. The number of hydrogen-bond acceptors (Lipinski definition) is 3. The molecule has 3 nitrogen and oxygen atoms in total. The number of aromatic nitrogens is 3. The normalized spacial score (nSPS) is 10.4. The Morgan fingerprint density at radius 1 is 0.700 bits per heavy atom. The highest BCUT2D eigenvalue weighted by Gasteiger charge is 2.05. The number of pyridine rings is 3. The second kappa shape index (κ2) is 5.92. The van der Waals surface area contributed by atoms with Crippen molar-refractivity contribution >= 4 is 15.9 Å². The fourth-order valence-electron chi connectivity index (χ4n) is 1.93. The lowest BCUT2D eigenvalue weighted by atomic mass is 10.2. The van der Waals surface area contributed by atoms with Crippen LogP contribution in [0, 0.1) is 0 Å². The molecule has 0 aromatic carbocycles. The van der Waals surface area contributed by atoms with Crippen LogP contribution >= 0.6 is 15.9 Å². The summed E-state index contributed by atoms with van der Waals surface area (Å²) in [5.41, 5.74) is 4.45. The molecule has 0 fully saturated rings. The van der Waals surface area contributed by atoms with E-state index in [-0.39, 0.29) is 0 Å². The molecule has 3 aromatic rings. The van der Waals surface area contributed by atoms with Gasteiger partial charge in [0.1, 0.15) is 0 Å². The highest BCUT2D eigenvalue weighted by atomic mass is 79.9. The number of hydrogen-bond donors (Lipinski definition) is 0. The Morgan fingerprint density at radius 2 is 1.35 bits per heavy atom. The Bertz CT molecular complexity index is 714. The van der Waals surface area contributed by atoms with Gasteiger partial charge < -0.3 is 0 Å². The molecular formula is C16H12BrN3. The molecule has 3 aromatic heterocycles. The number of halogens is 1. The third kappa shape index (κ3) is 2.75. The second-order valence-corrected chi connectivity index (χ2v) is 4.83. The first kappa shape index (κ1) is 12.9. The molecule has 0 unspecified atom stereocenters. The average molecular weight is 326 g/mol. The molecule has 3 heterocycles. The van der Waals surface area contributed by atoms with Crippen molar-refractivity contribution in [3.05, 3.63) is 66.5 Å². The molecule has 0 radical (unpaired) electrons. The van der Waals surface area contributed by atoms with Gasteiger partial charge in [0.15, 0.2) is 0 Å². The molecule has 0 N–H and O–H groups in total. The molecular weight excluding hydrogens is 314 g/mol. The largest absolute Gasteiger partial charge is 0.255 e. The van der Waals surface area contributed by atoms with Crippen molar-refractivity contribution in [3.63, 3.8) is 0 Å². The van der Waals surface area contributed by atoms with Crippen LogP contribution in [-0.2, 0) is 5.33 Å². The van der Waals surface area contributed by atoms with Gasteiger partial charge in [-0.25, -0.2) is 4.98 Å². The summed E-state index contributed by atoms with van der Waals surface area (Å²) < 4.78 is 0. The molecule has 0 aliphatic heterocycles. The summed E-state index contributed by atoms with van der Waals surface area (Å²) in [6.45, 7) is 0. The topological polar surface area (TPSA) is 38.7 Å². The lowest BCUT2D eigenvalue weighted by Crippen LogP contribution is -1.93. The molecule has 0 aliphatic carbocycles. The van der Waals surface area contributed by atoms with Crippen molar-refractivity contribution in [1.82, 2.24) is 15.0 Å². The van der Waals surface area contributed by atoms with E-state index >= 15 is 0 Å². The SMILES string of the molecule is BrCc1cccc(-c2cccc(-c3ccccn3)n2)n1. The zero-order chi connectivity index (χ0) is 13.8. The summed E-state index contributed by atoms with van der Waals surface area (Å²) >= 11 is 3.42. The molecule has 0 bridgehead atoms. The van der Waals surface area contributed by atoms with Gasteiger partial charge in [-0.05, 0) is 36.4 Å². The number of alkyl halides is 1. The van der Waals surface area contributed by atoms with Gasteiger partial charge in [-0.3, -0.25) is 9.97 Å². The van der Waals surface area contributed by atoms with E-state index in [1.165, 1.54) is 0 Å². The van der Waals surface area contributed by atoms with Gasteiger partial charge in [-0.1, -0.05) is 34.1 Å². The third-order valence-corrected chi connectivity index (χ3v) is 3.46. The van der Waals surface area contributed by atoms with Gasteiger partial charge in [0, 0.05) is 11.5 Å². The molecule has 4 heteroatoms. The van der Waals surface area contributed by atoms with Gasteiger partial charge in [0.05, 0.1) is 28.5 Å². The Balaban J connectivity index is 2.03. The average Bonchev–Trinajstić information content (AvgIpc) is 2.56. The maximum Gasteiger partial charge on any atom is 0.0894 e. The molecule has 20 heavy (non-hydrogen) atoms. The molecule has 0 amide bonds. The Hall–Kier alpha value is -2.07. The zero-order valence-electron chi connectivity index (χ0n) is 10.7. The van der Waals surface area contributed by atoms with Crippen molar-refractivity contribution in [2.45, 2.75) is 5.33 Å². The highest BCUT2D eigenvalue weighted by Crippen LogP contribution is 2.20. The van der Waals surface area contributed by atoms with Gasteiger partial charge >= 0.3 is 0 Å². The Labute approximate surface area is 125 Å².